The van der Waals surface area contributed by atoms with Crippen molar-refractivity contribution < 1.29 is 13.6 Å². The summed E-state index contributed by atoms with van der Waals surface area (Å²) in [5, 5.41) is 0. The zero-order valence-electron chi connectivity index (χ0n) is 12.8. The molecule has 0 aromatic heterocycles. The second-order valence-corrected chi connectivity index (χ2v) is 6.52. The van der Waals surface area contributed by atoms with E-state index in [1.54, 1.807) is 0 Å². The van der Waals surface area contributed by atoms with Crippen molar-refractivity contribution in [2.24, 2.45) is 0 Å². The summed E-state index contributed by atoms with van der Waals surface area (Å²) in [4.78, 5) is 4.54. The first kappa shape index (κ1) is 16.3. The Balaban J connectivity index is 1.80. The van der Waals surface area contributed by atoms with Gasteiger partial charge in [0.05, 0.1) is 0 Å². The molecular formula is C14H28N2O3P+. The lowest BCUT2D eigenvalue weighted by Crippen LogP contribution is -2.35. The van der Waals surface area contributed by atoms with Crippen LogP contribution in [0.3, 0.4) is 0 Å². The van der Waals surface area contributed by atoms with E-state index in [1.807, 2.05) is 0 Å². The highest BCUT2D eigenvalue weighted by atomic mass is 31.1. The molecule has 0 radical (unpaired) electrons. The minimum Gasteiger partial charge on any atom is -0.274 e. The van der Waals surface area contributed by atoms with Crippen LogP contribution in [0.2, 0.25) is 0 Å². The van der Waals surface area contributed by atoms with Crippen molar-refractivity contribution in [2.75, 3.05) is 26.2 Å². The average molecular weight is 303 g/mol. The maximum atomic E-state index is 12.1. The zero-order valence-corrected chi connectivity index (χ0v) is 13.7. The molecule has 2 rings (SSSR count). The molecule has 5 nitrogen and oxygen atoms in total. The fraction of sp³-hybridized carbons (Fsp3) is 1.00. The molecule has 0 spiro atoms. The van der Waals surface area contributed by atoms with Gasteiger partial charge in [0.15, 0.2) is 12.5 Å². The molecule has 2 aliphatic heterocycles. The van der Waals surface area contributed by atoms with Crippen molar-refractivity contribution in [3.63, 3.8) is 0 Å². The maximum Gasteiger partial charge on any atom is 0.700 e. The van der Waals surface area contributed by atoms with Gasteiger partial charge in [-0.3, -0.25) is 9.80 Å². The summed E-state index contributed by atoms with van der Waals surface area (Å²) >= 11 is 0. The van der Waals surface area contributed by atoms with Crippen LogP contribution in [0.1, 0.15) is 52.4 Å². The third kappa shape index (κ3) is 4.47. The third-order valence-electron chi connectivity index (χ3n) is 4.21. The van der Waals surface area contributed by atoms with E-state index in [1.165, 1.54) is 25.7 Å². The lowest BCUT2D eigenvalue weighted by atomic mass is 10.4. The van der Waals surface area contributed by atoms with Crippen LogP contribution < -0.4 is 0 Å². The second kappa shape index (κ2) is 8.40. The monoisotopic (exact) mass is 303 g/mol. The molecule has 2 atom stereocenters. The number of rotatable bonds is 8. The third-order valence-corrected chi connectivity index (χ3v) is 5.04. The number of nitrogens with zero attached hydrogens (tertiary/aromatic N) is 2. The summed E-state index contributed by atoms with van der Waals surface area (Å²) in [6, 6.07) is 0. The topological polar surface area (TPSA) is 42.0 Å². The van der Waals surface area contributed by atoms with Crippen LogP contribution in [0.5, 0.6) is 0 Å². The Labute approximate surface area is 123 Å². The molecule has 0 amide bonds. The van der Waals surface area contributed by atoms with Gasteiger partial charge in [-0.25, -0.2) is 0 Å². The highest BCUT2D eigenvalue weighted by molar-refractivity contribution is 7.33. The normalized spacial score (nSPS) is 25.0. The van der Waals surface area contributed by atoms with E-state index in [-0.39, 0.29) is 12.5 Å². The van der Waals surface area contributed by atoms with Crippen molar-refractivity contribution in [3.05, 3.63) is 0 Å². The fourth-order valence-corrected chi connectivity index (χ4v) is 4.09. The van der Waals surface area contributed by atoms with E-state index < -0.39 is 8.25 Å². The molecule has 0 bridgehead atoms. The first-order chi connectivity index (χ1) is 9.74. The Bertz CT molecular complexity index is 277. The van der Waals surface area contributed by atoms with E-state index in [4.69, 9.17) is 9.05 Å². The van der Waals surface area contributed by atoms with E-state index in [9.17, 15) is 4.57 Å². The number of likely N-dealkylation sites (tertiary alicyclic amines) is 2. The van der Waals surface area contributed by atoms with Gasteiger partial charge in [-0.05, 0) is 38.5 Å². The molecule has 2 heterocycles. The van der Waals surface area contributed by atoms with Gasteiger partial charge in [-0.1, -0.05) is 22.9 Å². The van der Waals surface area contributed by atoms with Gasteiger partial charge < -0.3 is 0 Å². The maximum absolute atomic E-state index is 12.1. The van der Waals surface area contributed by atoms with Crippen LogP contribution in [0, 0.1) is 0 Å². The summed E-state index contributed by atoms with van der Waals surface area (Å²) in [6.45, 7) is 8.33. The first-order valence-electron chi connectivity index (χ1n) is 8.03. The summed E-state index contributed by atoms with van der Waals surface area (Å²) < 4.78 is 23.5. The van der Waals surface area contributed by atoms with Crippen LogP contribution in [0.25, 0.3) is 0 Å². The summed E-state index contributed by atoms with van der Waals surface area (Å²) in [5.41, 5.74) is 0. The molecule has 0 saturated carbocycles. The highest BCUT2D eigenvalue weighted by Gasteiger charge is 2.36. The smallest absolute Gasteiger partial charge is 0.274 e. The van der Waals surface area contributed by atoms with E-state index in [0.717, 1.165) is 39.0 Å². The standard InChI is InChI=1S/C14H28N2O3P/c1-3-13(15-9-5-6-10-15)18-20(17)19-14(4-2)16-11-7-8-12-16/h13-14H,3-12H2,1-2H3/q+1. The van der Waals surface area contributed by atoms with Crippen LogP contribution >= 0.6 is 8.25 Å². The van der Waals surface area contributed by atoms with Crippen molar-refractivity contribution in [2.45, 2.75) is 64.8 Å². The summed E-state index contributed by atoms with van der Waals surface area (Å²) in [7, 11) is -2.04. The first-order valence-corrected chi connectivity index (χ1v) is 9.13. The lowest BCUT2D eigenvalue weighted by Gasteiger charge is -2.22. The predicted molar refractivity (Wildman–Crippen MR) is 79.5 cm³/mol. The predicted octanol–water partition coefficient (Wildman–Crippen LogP) is 3.34. The Morgan fingerprint density at radius 2 is 1.20 bits per heavy atom. The highest BCUT2D eigenvalue weighted by Crippen LogP contribution is 2.33. The molecule has 0 aromatic carbocycles. The van der Waals surface area contributed by atoms with Gasteiger partial charge in [0.2, 0.25) is 0 Å². The van der Waals surface area contributed by atoms with Crippen LogP contribution in [-0.2, 0) is 13.6 Å². The van der Waals surface area contributed by atoms with Gasteiger partial charge in [0.1, 0.15) is 0 Å². The molecule has 2 unspecified atom stereocenters. The fourth-order valence-electron chi connectivity index (χ4n) is 3.08. The van der Waals surface area contributed by atoms with Gasteiger partial charge in [-0.15, -0.1) is 0 Å². The summed E-state index contributed by atoms with van der Waals surface area (Å²) in [5.74, 6) is 0. The Hall–Kier alpha value is -0.0600. The minimum absolute atomic E-state index is 0.0582. The molecule has 0 aliphatic carbocycles. The minimum atomic E-state index is -2.04. The van der Waals surface area contributed by atoms with Crippen LogP contribution in [0.15, 0.2) is 0 Å². The molecule has 0 aromatic rings. The molecule has 2 saturated heterocycles. The van der Waals surface area contributed by atoms with Gasteiger partial charge in [-0.2, -0.15) is 0 Å². The largest absolute Gasteiger partial charge is 0.700 e. The molecule has 20 heavy (non-hydrogen) atoms. The molecule has 116 valence electrons. The second-order valence-electron chi connectivity index (χ2n) is 5.65. The molecular weight excluding hydrogens is 275 g/mol. The van der Waals surface area contributed by atoms with Crippen molar-refractivity contribution in [3.8, 4) is 0 Å². The molecule has 2 fully saturated rings. The number of hydrogen-bond donors (Lipinski definition) is 0. The van der Waals surface area contributed by atoms with E-state index >= 15 is 0 Å². The lowest BCUT2D eigenvalue weighted by molar-refractivity contribution is -0.00518. The number of hydrogen-bond acceptors (Lipinski definition) is 5. The van der Waals surface area contributed by atoms with Crippen molar-refractivity contribution in [1.82, 2.24) is 9.80 Å². The SMILES string of the molecule is CCC(O[P+](=O)OC(CC)N1CCCC1)N1CCCC1. The van der Waals surface area contributed by atoms with Gasteiger partial charge in [0, 0.05) is 30.7 Å². The van der Waals surface area contributed by atoms with Crippen molar-refractivity contribution in [1.29, 1.82) is 0 Å². The Morgan fingerprint density at radius 1 is 0.850 bits per heavy atom. The molecule has 2 aliphatic rings. The Kier molecular flexibility index (Phi) is 6.85. The van der Waals surface area contributed by atoms with Crippen LogP contribution in [0.4, 0.5) is 0 Å². The van der Waals surface area contributed by atoms with Crippen LogP contribution in [-0.4, -0.2) is 48.4 Å². The quantitative estimate of drug-likeness (QED) is 0.643. The Morgan fingerprint density at radius 3 is 1.50 bits per heavy atom. The summed E-state index contributed by atoms with van der Waals surface area (Å²) in [6.07, 6.45) is 6.43. The van der Waals surface area contributed by atoms with E-state index in [0.29, 0.717) is 0 Å². The van der Waals surface area contributed by atoms with E-state index in [2.05, 4.69) is 23.6 Å². The van der Waals surface area contributed by atoms with Crippen molar-refractivity contribution >= 4 is 8.25 Å². The zero-order chi connectivity index (χ0) is 14.4. The molecule has 6 heteroatoms. The van der Waals surface area contributed by atoms with Gasteiger partial charge in [0.25, 0.3) is 0 Å². The molecule has 0 N–H and O–H groups in total. The average Bonchev–Trinajstić information content (AvgIpc) is 3.14. The van der Waals surface area contributed by atoms with Gasteiger partial charge >= 0.3 is 8.25 Å².